The van der Waals surface area contributed by atoms with Gasteiger partial charge in [-0.15, -0.1) is 0 Å². The summed E-state index contributed by atoms with van der Waals surface area (Å²) in [5, 5.41) is 9.58. The monoisotopic (exact) mass is 290 g/mol. The molecule has 0 fully saturated rings. The van der Waals surface area contributed by atoms with Crippen molar-refractivity contribution in [3.8, 4) is 5.75 Å². The zero-order valence-corrected chi connectivity index (χ0v) is 12.1. The van der Waals surface area contributed by atoms with Crippen molar-refractivity contribution in [3.63, 3.8) is 0 Å². The zero-order chi connectivity index (χ0) is 14.7. The van der Waals surface area contributed by atoms with Gasteiger partial charge < -0.3 is 9.84 Å². The largest absolute Gasteiger partial charge is 0.487 e. The van der Waals surface area contributed by atoms with Crippen LogP contribution in [0.25, 0.3) is 0 Å². The van der Waals surface area contributed by atoms with E-state index in [1.54, 1.807) is 12.1 Å². The molecule has 0 spiro atoms. The van der Waals surface area contributed by atoms with Gasteiger partial charge in [0.1, 0.15) is 12.4 Å². The van der Waals surface area contributed by atoms with Crippen LogP contribution < -0.4 is 4.74 Å². The highest BCUT2D eigenvalue weighted by molar-refractivity contribution is 6.32. The Morgan fingerprint density at radius 2 is 1.90 bits per heavy atom. The summed E-state index contributed by atoms with van der Waals surface area (Å²) in [5.41, 5.74) is 3.02. The average molecular weight is 291 g/mol. The van der Waals surface area contributed by atoms with Crippen molar-refractivity contribution in [1.29, 1.82) is 0 Å². The maximum atomic E-state index is 11.0. The van der Waals surface area contributed by atoms with Gasteiger partial charge in [-0.05, 0) is 54.8 Å². The molecule has 104 valence electrons. The molecule has 2 aromatic carbocycles. The minimum Gasteiger partial charge on any atom is -0.487 e. The summed E-state index contributed by atoms with van der Waals surface area (Å²) in [7, 11) is 0. The van der Waals surface area contributed by atoms with Crippen LogP contribution in [0.2, 0.25) is 5.02 Å². The summed E-state index contributed by atoms with van der Waals surface area (Å²) in [6.07, 6.45) is 0. The van der Waals surface area contributed by atoms with Crippen LogP contribution in [0.1, 0.15) is 27.0 Å². The molecule has 0 amide bonds. The second kappa shape index (κ2) is 5.97. The van der Waals surface area contributed by atoms with Crippen LogP contribution in [-0.2, 0) is 6.61 Å². The van der Waals surface area contributed by atoms with E-state index in [1.807, 2.05) is 38.1 Å². The number of carboxylic acid groups (broad SMARTS) is 1. The van der Waals surface area contributed by atoms with E-state index in [1.165, 1.54) is 0 Å². The minimum atomic E-state index is -0.941. The van der Waals surface area contributed by atoms with Gasteiger partial charge >= 0.3 is 5.97 Å². The second-order valence-electron chi connectivity index (χ2n) is 4.73. The van der Waals surface area contributed by atoms with E-state index in [0.29, 0.717) is 10.8 Å². The Morgan fingerprint density at radius 1 is 1.15 bits per heavy atom. The van der Waals surface area contributed by atoms with Crippen LogP contribution in [0.4, 0.5) is 0 Å². The Labute approximate surface area is 122 Å². The highest BCUT2D eigenvalue weighted by Gasteiger charge is 2.07. The Morgan fingerprint density at radius 3 is 2.55 bits per heavy atom. The summed E-state index contributed by atoms with van der Waals surface area (Å²) in [6.45, 7) is 4.09. The van der Waals surface area contributed by atoms with Gasteiger partial charge in [-0.2, -0.15) is 0 Å². The topological polar surface area (TPSA) is 46.5 Å². The van der Waals surface area contributed by atoms with Crippen LogP contribution >= 0.6 is 11.6 Å². The molecule has 0 unspecified atom stereocenters. The third-order valence-corrected chi connectivity index (χ3v) is 3.16. The first-order valence-corrected chi connectivity index (χ1v) is 6.56. The van der Waals surface area contributed by atoms with Crippen LogP contribution in [0.3, 0.4) is 0 Å². The normalized spacial score (nSPS) is 10.3. The third-order valence-electron chi connectivity index (χ3n) is 2.87. The van der Waals surface area contributed by atoms with Gasteiger partial charge in [0.15, 0.2) is 0 Å². The SMILES string of the molecule is Cc1cc(COc2ccc(C)cc2Cl)cc(C(=O)O)c1. The lowest BCUT2D eigenvalue weighted by molar-refractivity contribution is 0.0696. The third kappa shape index (κ3) is 3.52. The predicted molar refractivity (Wildman–Crippen MR) is 78.7 cm³/mol. The van der Waals surface area contributed by atoms with E-state index in [-0.39, 0.29) is 12.2 Å². The lowest BCUT2D eigenvalue weighted by Crippen LogP contribution is -2.02. The van der Waals surface area contributed by atoms with Gasteiger partial charge in [-0.1, -0.05) is 23.7 Å². The molecule has 0 saturated heterocycles. The molecule has 0 saturated carbocycles. The average Bonchev–Trinajstić information content (AvgIpc) is 2.37. The molecule has 1 N–H and O–H groups in total. The van der Waals surface area contributed by atoms with Gasteiger partial charge in [-0.3, -0.25) is 0 Å². The molecular formula is C16H15ClO3. The Bertz CT molecular complexity index is 650. The van der Waals surface area contributed by atoms with Crippen LogP contribution in [0, 0.1) is 13.8 Å². The van der Waals surface area contributed by atoms with Gasteiger partial charge in [0.05, 0.1) is 10.6 Å². The molecule has 20 heavy (non-hydrogen) atoms. The van der Waals surface area contributed by atoms with Gasteiger partial charge in [0.25, 0.3) is 0 Å². The minimum absolute atomic E-state index is 0.263. The number of rotatable bonds is 4. The number of carboxylic acids is 1. The van der Waals surface area contributed by atoms with E-state index in [9.17, 15) is 4.79 Å². The Kier molecular flexibility index (Phi) is 4.30. The van der Waals surface area contributed by atoms with E-state index in [4.69, 9.17) is 21.4 Å². The first-order valence-electron chi connectivity index (χ1n) is 6.18. The van der Waals surface area contributed by atoms with Gasteiger partial charge in [-0.25, -0.2) is 4.79 Å². The first kappa shape index (κ1) is 14.4. The van der Waals surface area contributed by atoms with Gasteiger partial charge in [0, 0.05) is 0 Å². The van der Waals surface area contributed by atoms with Crippen molar-refractivity contribution >= 4 is 17.6 Å². The summed E-state index contributed by atoms with van der Waals surface area (Å²) < 4.78 is 5.64. The predicted octanol–water partition coefficient (Wildman–Crippen LogP) is 4.23. The lowest BCUT2D eigenvalue weighted by Gasteiger charge is -2.10. The van der Waals surface area contributed by atoms with Crippen molar-refractivity contribution in [2.24, 2.45) is 0 Å². The molecule has 0 radical (unpaired) electrons. The summed E-state index contributed by atoms with van der Waals surface area (Å²) >= 11 is 6.09. The number of aryl methyl sites for hydroxylation is 2. The maximum absolute atomic E-state index is 11.0. The van der Waals surface area contributed by atoms with Crippen molar-refractivity contribution < 1.29 is 14.6 Å². The highest BCUT2D eigenvalue weighted by Crippen LogP contribution is 2.26. The molecule has 2 rings (SSSR count). The molecule has 2 aromatic rings. The van der Waals surface area contributed by atoms with E-state index in [0.717, 1.165) is 16.7 Å². The Balaban J connectivity index is 2.16. The second-order valence-corrected chi connectivity index (χ2v) is 5.14. The van der Waals surface area contributed by atoms with Crippen molar-refractivity contribution in [2.45, 2.75) is 20.5 Å². The number of hydrogen-bond donors (Lipinski definition) is 1. The standard InChI is InChI=1S/C16H15ClO3/c1-10-3-4-15(14(17)7-10)20-9-12-5-11(2)6-13(8-12)16(18)19/h3-8H,9H2,1-2H3,(H,18,19). The first-order chi connectivity index (χ1) is 9.45. The molecular weight excluding hydrogens is 276 g/mol. The number of hydrogen-bond acceptors (Lipinski definition) is 2. The van der Waals surface area contributed by atoms with Crippen molar-refractivity contribution in [2.75, 3.05) is 0 Å². The number of aromatic carboxylic acids is 1. The smallest absolute Gasteiger partial charge is 0.335 e. The zero-order valence-electron chi connectivity index (χ0n) is 11.3. The van der Waals surface area contributed by atoms with E-state index < -0.39 is 5.97 Å². The molecule has 0 aliphatic carbocycles. The number of halogens is 1. The Hall–Kier alpha value is -2.00. The molecule has 0 aliphatic heterocycles. The quantitative estimate of drug-likeness (QED) is 0.916. The molecule has 0 heterocycles. The molecule has 0 bridgehead atoms. The highest BCUT2D eigenvalue weighted by atomic mass is 35.5. The number of carbonyl (C=O) groups is 1. The molecule has 4 heteroatoms. The van der Waals surface area contributed by atoms with E-state index in [2.05, 4.69) is 0 Å². The van der Waals surface area contributed by atoms with Crippen LogP contribution in [-0.4, -0.2) is 11.1 Å². The van der Waals surface area contributed by atoms with Gasteiger partial charge in [0.2, 0.25) is 0 Å². The van der Waals surface area contributed by atoms with Crippen molar-refractivity contribution in [1.82, 2.24) is 0 Å². The van der Waals surface area contributed by atoms with Crippen LogP contribution in [0.5, 0.6) is 5.75 Å². The molecule has 3 nitrogen and oxygen atoms in total. The summed E-state index contributed by atoms with van der Waals surface area (Å²) in [4.78, 5) is 11.0. The fourth-order valence-electron chi connectivity index (χ4n) is 1.95. The number of ether oxygens (including phenoxy) is 1. The fourth-order valence-corrected chi connectivity index (χ4v) is 2.24. The molecule has 0 aliphatic rings. The maximum Gasteiger partial charge on any atom is 0.335 e. The molecule has 0 aromatic heterocycles. The lowest BCUT2D eigenvalue weighted by atomic mass is 10.1. The van der Waals surface area contributed by atoms with Crippen LogP contribution in [0.15, 0.2) is 36.4 Å². The number of benzene rings is 2. The molecule has 0 atom stereocenters. The van der Waals surface area contributed by atoms with E-state index >= 15 is 0 Å². The fraction of sp³-hybridized carbons (Fsp3) is 0.188. The summed E-state index contributed by atoms with van der Waals surface area (Å²) in [5.74, 6) is -0.348. The summed E-state index contributed by atoms with van der Waals surface area (Å²) in [6, 6.07) is 10.7. The van der Waals surface area contributed by atoms with Crippen molar-refractivity contribution in [3.05, 3.63) is 63.7 Å².